The summed E-state index contributed by atoms with van der Waals surface area (Å²) in [5.41, 5.74) is 0.968. The van der Waals surface area contributed by atoms with Crippen LogP contribution in [0, 0.1) is 5.92 Å². The number of hydrogen-bond donors (Lipinski definition) is 3. The molecular formula is C19H31FN4O3. The van der Waals surface area contributed by atoms with Gasteiger partial charge in [-0.05, 0) is 52.0 Å². The van der Waals surface area contributed by atoms with E-state index in [1.54, 1.807) is 40.0 Å². The number of alkyl halides is 1. The second-order valence-corrected chi connectivity index (χ2v) is 7.23. The van der Waals surface area contributed by atoms with E-state index in [9.17, 15) is 14.0 Å². The number of hydrogen-bond acceptors (Lipinski definition) is 4. The highest BCUT2D eigenvalue weighted by Gasteiger charge is 2.17. The van der Waals surface area contributed by atoms with Crippen molar-refractivity contribution in [2.45, 2.75) is 33.3 Å². The highest BCUT2D eigenvalue weighted by atomic mass is 19.1. The molecule has 7 nitrogen and oxygen atoms in total. The first-order valence-electron chi connectivity index (χ1n) is 9.04. The minimum Gasteiger partial charge on any atom is -0.444 e. The third-order valence-corrected chi connectivity index (χ3v) is 3.63. The number of amides is 3. The highest BCUT2D eigenvalue weighted by molar-refractivity contribution is 5.91. The molecule has 0 saturated heterocycles. The number of rotatable bonds is 8. The molecule has 152 valence electrons. The maximum absolute atomic E-state index is 13.2. The van der Waals surface area contributed by atoms with E-state index in [0.29, 0.717) is 13.1 Å². The lowest BCUT2D eigenvalue weighted by Crippen LogP contribution is -2.37. The Morgan fingerprint density at radius 1 is 1.15 bits per heavy atom. The molecule has 0 heterocycles. The van der Waals surface area contributed by atoms with Gasteiger partial charge in [0.05, 0.1) is 6.67 Å². The summed E-state index contributed by atoms with van der Waals surface area (Å²) >= 11 is 0. The quantitative estimate of drug-likeness (QED) is 0.644. The molecule has 0 bridgehead atoms. The summed E-state index contributed by atoms with van der Waals surface area (Å²) in [6.07, 6.45) is -0.557. The number of anilines is 2. The Hall–Kier alpha value is -2.51. The molecule has 0 aliphatic rings. The topological polar surface area (TPSA) is 82.7 Å². The summed E-state index contributed by atoms with van der Waals surface area (Å²) in [4.78, 5) is 25.0. The van der Waals surface area contributed by atoms with Crippen LogP contribution in [0.4, 0.5) is 25.4 Å². The minimum absolute atomic E-state index is 0.177. The normalized spacial score (nSPS) is 12.1. The third kappa shape index (κ3) is 8.61. The molecule has 3 N–H and O–H groups in total. The molecule has 1 aromatic carbocycles. The van der Waals surface area contributed by atoms with E-state index < -0.39 is 18.4 Å². The number of halogens is 1. The molecular weight excluding hydrogens is 351 g/mol. The summed E-state index contributed by atoms with van der Waals surface area (Å²) in [5.74, 6) is -0.379. The Morgan fingerprint density at radius 2 is 1.78 bits per heavy atom. The predicted octanol–water partition coefficient (Wildman–Crippen LogP) is 3.37. The van der Waals surface area contributed by atoms with Crippen molar-refractivity contribution in [2.24, 2.45) is 5.92 Å². The van der Waals surface area contributed by atoms with Crippen LogP contribution in [-0.2, 0) is 4.74 Å². The lowest BCUT2D eigenvalue weighted by Gasteiger charge is -2.21. The fourth-order valence-corrected chi connectivity index (χ4v) is 2.18. The van der Waals surface area contributed by atoms with Crippen molar-refractivity contribution in [2.75, 3.05) is 43.6 Å². The second kappa shape index (κ2) is 10.6. The Bertz CT molecular complexity index is 602. The maximum atomic E-state index is 13.2. The summed E-state index contributed by atoms with van der Waals surface area (Å²) in [6, 6.07) is 7.08. The van der Waals surface area contributed by atoms with E-state index in [0.717, 1.165) is 11.4 Å². The number of nitrogens with one attached hydrogen (secondary N) is 3. The van der Waals surface area contributed by atoms with Gasteiger partial charge in [-0.25, -0.2) is 9.59 Å². The number of carbonyl (C=O) groups is 2. The number of carbonyl (C=O) groups excluding carboxylic acids is 2. The molecule has 3 amide bonds. The van der Waals surface area contributed by atoms with Gasteiger partial charge in [-0.15, -0.1) is 0 Å². The van der Waals surface area contributed by atoms with Gasteiger partial charge in [0, 0.05) is 44.0 Å². The molecule has 0 fully saturated rings. The molecule has 1 aromatic rings. The van der Waals surface area contributed by atoms with Crippen LogP contribution in [-0.4, -0.2) is 51.1 Å². The predicted molar refractivity (Wildman–Crippen MR) is 106 cm³/mol. The number of urea groups is 1. The van der Waals surface area contributed by atoms with Gasteiger partial charge in [-0.2, -0.15) is 0 Å². The van der Waals surface area contributed by atoms with Crippen LogP contribution in [0.1, 0.15) is 27.7 Å². The van der Waals surface area contributed by atoms with E-state index in [1.807, 2.05) is 19.1 Å². The van der Waals surface area contributed by atoms with E-state index in [1.165, 1.54) is 4.90 Å². The van der Waals surface area contributed by atoms with Crippen LogP contribution in [0.3, 0.4) is 0 Å². The fraction of sp³-hybridized carbons (Fsp3) is 0.579. The Morgan fingerprint density at radius 3 is 2.30 bits per heavy atom. The Kier molecular flexibility index (Phi) is 8.84. The van der Waals surface area contributed by atoms with Gasteiger partial charge in [0.15, 0.2) is 0 Å². The monoisotopic (exact) mass is 382 g/mol. The van der Waals surface area contributed by atoms with Gasteiger partial charge in [-0.3, -0.25) is 9.29 Å². The van der Waals surface area contributed by atoms with Gasteiger partial charge in [0.2, 0.25) is 0 Å². The average Bonchev–Trinajstić information content (AvgIpc) is 2.60. The molecule has 0 spiro atoms. The molecule has 0 radical (unpaired) electrons. The summed E-state index contributed by atoms with van der Waals surface area (Å²) in [6.45, 7) is 7.70. The number of benzene rings is 1. The summed E-state index contributed by atoms with van der Waals surface area (Å²) < 4.78 is 18.3. The van der Waals surface area contributed by atoms with Gasteiger partial charge in [0.25, 0.3) is 0 Å². The molecule has 1 unspecified atom stereocenters. The zero-order chi connectivity index (χ0) is 20.4. The number of nitrogens with zero attached hydrogens (tertiary/aromatic N) is 1. The SMILES string of the molecule is CCNC(=O)N(C)c1ccc(NCC(CF)CNC(=O)OC(C)(C)C)cc1. The minimum atomic E-state index is -0.587. The van der Waals surface area contributed by atoms with Crippen LogP contribution in [0.25, 0.3) is 0 Å². The zero-order valence-electron chi connectivity index (χ0n) is 16.8. The molecule has 0 aliphatic heterocycles. The van der Waals surface area contributed by atoms with Crippen molar-refractivity contribution in [3.05, 3.63) is 24.3 Å². The van der Waals surface area contributed by atoms with Crippen molar-refractivity contribution < 1.29 is 18.7 Å². The second-order valence-electron chi connectivity index (χ2n) is 7.23. The summed E-state index contributed by atoms with van der Waals surface area (Å²) in [7, 11) is 1.69. The van der Waals surface area contributed by atoms with Crippen LogP contribution in [0.15, 0.2) is 24.3 Å². The largest absolute Gasteiger partial charge is 0.444 e. The van der Waals surface area contributed by atoms with Crippen LogP contribution in [0.5, 0.6) is 0 Å². The first-order valence-corrected chi connectivity index (χ1v) is 9.04. The first-order chi connectivity index (χ1) is 12.7. The van der Waals surface area contributed by atoms with Crippen molar-refractivity contribution in [1.29, 1.82) is 0 Å². The van der Waals surface area contributed by atoms with Gasteiger partial charge < -0.3 is 20.7 Å². The lowest BCUT2D eigenvalue weighted by atomic mass is 10.1. The van der Waals surface area contributed by atoms with E-state index in [4.69, 9.17) is 4.74 Å². The number of alkyl carbamates (subject to hydrolysis) is 1. The molecule has 8 heteroatoms. The van der Waals surface area contributed by atoms with E-state index in [2.05, 4.69) is 16.0 Å². The lowest BCUT2D eigenvalue weighted by molar-refractivity contribution is 0.0518. The van der Waals surface area contributed by atoms with Crippen molar-refractivity contribution in [3.8, 4) is 0 Å². The first kappa shape index (κ1) is 22.5. The zero-order valence-corrected chi connectivity index (χ0v) is 16.8. The molecule has 0 aliphatic carbocycles. The Labute approximate surface area is 160 Å². The maximum Gasteiger partial charge on any atom is 0.407 e. The smallest absolute Gasteiger partial charge is 0.407 e. The third-order valence-electron chi connectivity index (χ3n) is 3.63. The van der Waals surface area contributed by atoms with E-state index in [-0.39, 0.29) is 18.5 Å². The van der Waals surface area contributed by atoms with Crippen LogP contribution >= 0.6 is 0 Å². The molecule has 1 atom stereocenters. The van der Waals surface area contributed by atoms with Crippen molar-refractivity contribution >= 4 is 23.5 Å². The Balaban J connectivity index is 2.48. The van der Waals surface area contributed by atoms with Crippen LogP contribution in [0.2, 0.25) is 0 Å². The fourth-order valence-electron chi connectivity index (χ4n) is 2.18. The molecule has 0 aromatic heterocycles. The van der Waals surface area contributed by atoms with Gasteiger partial charge in [0.1, 0.15) is 5.60 Å². The molecule has 27 heavy (non-hydrogen) atoms. The van der Waals surface area contributed by atoms with Crippen molar-refractivity contribution in [1.82, 2.24) is 10.6 Å². The van der Waals surface area contributed by atoms with Crippen LogP contribution < -0.4 is 20.9 Å². The molecule has 1 rings (SSSR count). The van der Waals surface area contributed by atoms with Crippen molar-refractivity contribution in [3.63, 3.8) is 0 Å². The molecule has 0 saturated carbocycles. The summed E-state index contributed by atoms with van der Waals surface area (Å²) in [5, 5.41) is 8.45. The standard InChI is InChI=1S/C19H31FN4O3/c1-6-21-17(25)24(5)16-9-7-15(8-10-16)22-12-14(11-20)13-23-18(26)27-19(2,3)4/h7-10,14,22H,6,11-13H2,1-5H3,(H,21,25)(H,23,26). The highest BCUT2D eigenvalue weighted by Crippen LogP contribution is 2.17. The average molecular weight is 382 g/mol. The van der Waals surface area contributed by atoms with Gasteiger partial charge >= 0.3 is 12.1 Å². The van der Waals surface area contributed by atoms with E-state index >= 15 is 0 Å². The number of ether oxygens (including phenoxy) is 1. The van der Waals surface area contributed by atoms with Gasteiger partial charge in [-0.1, -0.05) is 0 Å².